The van der Waals surface area contributed by atoms with Gasteiger partial charge in [0.2, 0.25) is 0 Å². The topological polar surface area (TPSA) is 77.4 Å². The van der Waals surface area contributed by atoms with Gasteiger partial charge >= 0.3 is 0 Å². The number of hydrogen-bond donors (Lipinski definition) is 2. The highest BCUT2D eigenvalue weighted by Crippen LogP contribution is 2.32. The van der Waals surface area contributed by atoms with Crippen LogP contribution in [0.25, 0.3) is 0 Å². The first kappa shape index (κ1) is 13.8. The van der Waals surface area contributed by atoms with E-state index >= 15 is 0 Å². The summed E-state index contributed by atoms with van der Waals surface area (Å²) in [7, 11) is 4.43. The largest absolute Gasteiger partial charge is 0.393 e. The summed E-state index contributed by atoms with van der Waals surface area (Å²) in [5.74, 6) is 0. The molecule has 0 aromatic heterocycles. The molecule has 16 heavy (non-hydrogen) atoms. The number of aliphatic hydroxyl groups is 2. The minimum Gasteiger partial charge on any atom is -0.393 e. The van der Waals surface area contributed by atoms with Crippen molar-refractivity contribution in [2.24, 2.45) is 0 Å². The van der Waals surface area contributed by atoms with Gasteiger partial charge in [0.05, 0.1) is 6.61 Å². The minimum absolute atomic E-state index is 0.329. The van der Waals surface area contributed by atoms with Crippen LogP contribution in [0, 0.1) is 0 Å². The van der Waals surface area contributed by atoms with E-state index in [1.807, 2.05) is 0 Å². The van der Waals surface area contributed by atoms with Crippen LogP contribution in [0.5, 0.6) is 0 Å². The molecule has 0 radical (unpaired) electrons. The summed E-state index contributed by atoms with van der Waals surface area (Å²) < 4.78 is 21.0. The van der Waals surface area contributed by atoms with Gasteiger partial charge in [-0.1, -0.05) is 0 Å². The lowest BCUT2D eigenvalue weighted by atomic mass is 9.88. The van der Waals surface area contributed by atoms with Gasteiger partial charge in [0.1, 0.15) is 23.9 Å². The van der Waals surface area contributed by atoms with E-state index in [0.29, 0.717) is 0 Å². The molecule has 0 aromatic rings. The monoisotopic (exact) mass is 236 g/mol. The van der Waals surface area contributed by atoms with Crippen LogP contribution < -0.4 is 0 Å². The third-order valence-corrected chi connectivity index (χ3v) is 3.00. The Balaban J connectivity index is 2.94. The van der Waals surface area contributed by atoms with Gasteiger partial charge in [-0.3, -0.25) is 0 Å². The SMILES string of the molecule is CO[C@H]1O[C@](C)(CO)[C@H](O)[C@H](OC)[C@H]1OC. The third kappa shape index (κ3) is 2.22. The quantitative estimate of drug-likeness (QED) is 0.661. The summed E-state index contributed by atoms with van der Waals surface area (Å²) in [6.45, 7) is 1.27. The molecule has 0 aromatic carbocycles. The van der Waals surface area contributed by atoms with E-state index in [4.69, 9.17) is 18.9 Å². The molecule has 1 fully saturated rings. The van der Waals surface area contributed by atoms with Gasteiger partial charge in [0, 0.05) is 21.3 Å². The van der Waals surface area contributed by atoms with Crippen molar-refractivity contribution < 1.29 is 29.2 Å². The molecule has 1 heterocycles. The molecule has 0 amide bonds. The molecule has 1 aliphatic heterocycles. The van der Waals surface area contributed by atoms with Crippen LogP contribution in [-0.4, -0.2) is 68.4 Å². The third-order valence-electron chi connectivity index (χ3n) is 3.00. The number of hydrogen-bond acceptors (Lipinski definition) is 6. The Hall–Kier alpha value is -0.240. The van der Waals surface area contributed by atoms with E-state index in [1.54, 1.807) is 6.92 Å². The Morgan fingerprint density at radius 1 is 1.12 bits per heavy atom. The van der Waals surface area contributed by atoms with E-state index in [-0.39, 0.29) is 6.61 Å². The second-order valence-electron chi connectivity index (χ2n) is 4.04. The minimum atomic E-state index is -1.11. The zero-order valence-electron chi connectivity index (χ0n) is 10.0. The molecule has 6 nitrogen and oxygen atoms in total. The molecule has 0 saturated carbocycles. The zero-order valence-corrected chi connectivity index (χ0v) is 10.0. The fourth-order valence-electron chi connectivity index (χ4n) is 1.91. The first-order valence-corrected chi connectivity index (χ1v) is 5.09. The number of ether oxygens (including phenoxy) is 4. The highest BCUT2D eigenvalue weighted by atomic mass is 16.7. The van der Waals surface area contributed by atoms with Gasteiger partial charge < -0.3 is 29.2 Å². The molecule has 96 valence electrons. The average molecular weight is 236 g/mol. The summed E-state index contributed by atoms with van der Waals surface area (Å²) in [5.41, 5.74) is -1.11. The molecule has 0 bridgehead atoms. The van der Waals surface area contributed by atoms with Gasteiger partial charge in [-0.15, -0.1) is 0 Å². The van der Waals surface area contributed by atoms with Crippen molar-refractivity contribution in [3.63, 3.8) is 0 Å². The van der Waals surface area contributed by atoms with Crippen molar-refractivity contribution in [3.05, 3.63) is 0 Å². The lowest BCUT2D eigenvalue weighted by molar-refractivity contribution is -0.334. The smallest absolute Gasteiger partial charge is 0.186 e. The van der Waals surface area contributed by atoms with Gasteiger partial charge in [-0.2, -0.15) is 0 Å². The number of rotatable bonds is 4. The van der Waals surface area contributed by atoms with Crippen molar-refractivity contribution >= 4 is 0 Å². The first-order valence-electron chi connectivity index (χ1n) is 5.09. The van der Waals surface area contributed by atoms with Crippen LogP contribution in [-0.2, 0) is 18.9 Å². The molecular weight excluding hydrogens is 216 g/mol. The fourth-order valence-corrected chi connectivity index (χ4v) is 1.91. The molecule has 6 heteroatoms. The van der Waals surface area contributed by atoms with E-state index in [1.165, 1.54) is 21.3 Å². The van der Waals surface area contributed by atoms with Gasteiger partial charge in [-0.25, -0.2) is 0 Å². The van der Waals surface area contributed by atoms with Crippen molar-refractivity contribution in [3.8, 4) is 0 Å². The van der Waals surface area contributed by atoms with Crippen LogP contribution in [0.2, 0.25) is 0 Å². The van der Waals surface area contributed by atoms with Gasteiger partial charge in [0.25, 0.3) is 0 Å². The van der Waals surface area contributed by atoms with E-state index in [9.17, 15) is 10.2 Å². The van der Waals surface area contributed by atoms with Crippen molar-refractivity contribution in [1.82, 2.24) is 0 Å². The summed E-state index contributed by atoms with van der Waals surface area (Å²) in [4.78, 5) is 0. The van der Waals surface area contributed by atoms with Crippen LogP contribution in [0.1, 0.15) is 6.92 Å². The Morgan fingerprint density at radius 3 is 2.06 bits per heavy atom. The van der Waals surface area contributed by atoms with Gasteiger partial charge in [0.15, 0.2) is 6.29 Å². The van der Waals surface area contributed by atoms with E-state index < -0.39 is 30.2 Å². The molecule has 0 aliphatic carbocycles. The Morgan fingerprint density at radius 2 is 1.69 bits per heavy atom. The Labute approximate surface area is 95.1 Å². The van der Waals surface area contributed by atoms with E-state index in [2.05, 4.69) is 0 Å². The first-order chi connectivity index (χ1) is 7.53. The van der Waals surface area contributed by atoms with Crippen LogP contribution in [0.15, 0.2) is 0 Å². The normalized spacial score (nSPS) is 44.6. The van der Waals surface area contributed by atoms with Crippen LogP contribution in [0.4, 0.5) is 0 Å². The molecule has 0 spiro atoms. The highest BCUT2D eigenvalue weighted by Gasteiger charge is 2.52. The standard InChI is InChI=1S/C10H20O6/c1-10(5-11)8(12)6(13-2)7(14-3)9(15-4)16-10/h6-9,11-12H,5H2,1-4H3/t6-,7-,8-,9+,10-/m1/s1. The molecule has 1 aliphatic rings. The van der Waals surface area contributed by atoms with Crippen molar-refractivity contribution in [2.75, 3.05) is 27.9 Å². The average Bonchev–Trinajstić information content (AvgIpc) is 2.31. The lowest BCUT2D eigenvalue weighted by Gasteiger charge is -2.47. The second-order valence-corrected chi connectivity index (χ2v) is 4.04. The van der Waals surface area contributed by atoms with Crippen molar-refractivity contribution in [2.45, 2.75) is 37.1 Å². The molecule has 2 N–H and O–H groups in total. The summed E-state index contributed by atoms with van der Waals surface area (Å²) in [6.07, 6.45) is -2.82. The van der Waals surface area contributed by atoms with Crippen LogP contribution in [0.3, 0.4) is 0 Å². The summed E-state index contributed by atoms with van der Waals surface area (Å²) in [6, 6.07) is 0. The summed E-state index contributed by atoms with van der Waals surface area (Å²) >= 11 is 0. The maximum Gasteiger partial charge on any atom is 0.186 e. The molecule has 0 unspecified atom stereocenters. The van der Waals surface area contributed by atoms with E-state index in [0.717, 1.165) is 0 Å². The molecule has 5 atom stereocenters. The second kappa shape index (κ2) is 5.39. The Kier molecular flexibility index (Phi) is 4.66. The fraction of sp³-hybridized carbons (Fsp3) is 1.00. The molecular formula is C10H20O6. The maximum atomic E-state index is 10.1. The Bertz CT molecular complexity index is 221. The maximum absolute atomic E-state index is 10.1. The summed E-state index contributed by atoms with van der Waals surface area (Å²) in [5, 5.41) is 19.3. The number of methoxy groups -OCH3 is 3. The predicted octanol–water partition coefficient (Wildman–Crippen LogP) is -0.869. The predicted molar refractivity (Wildman–Crippen MR) is 55.0 cm³/mol. The highest BCUT2D eigenvalue weighted by molar-refractivity contribution is 4.98. The number of aliphatic hydroxyl groups excluding tert-OH is 2. The lowest BCUT2D eigenvalue weighted by Crippen LogP contribution is -2.65. The zero-order chi connectivity index (χ0) is 12.3. The molecule has 1 rings (SSSR count). The van der Waals surface area contributed by atoms with Crippen LogP contribution >= 0.6 is 0 Å². The van der Waals surface area contributed by atoms with Crippen molar-refractivity contribution in [1.29, 1.82) is 0 Å². The molecule has 1 saturated heterocycles. The van der Waals surface area contributed by atoms with Gasteiger partial charge in [-0.05, 0) is 6.92 Å².